The van der Waals surface area contributed by atoms with E-state index in [-0.39, 0.29) is 5.91 Å². The lowest BCUT2D eigenvalue weighted by Crippen LogP contribution is -2.36. The minimum atomic E-state index is 0.00695. The second-order valence-corrected chi connectivity index (χ2v) is 5.58. The minimum absolute atomic E-state index is 0.00695. The number of aromatic amines is 1. The van der Waals surface area contributed by atoms with Crippen LogP contribution in [-0.2, 0) is 30.7 Å². The molecule has 1 aromatic heterocycles. The second-order valence-electron chi connectivity index (χ2n) is 5.58. The summed E-state index contributed by atoms with van der Waals surface area (Å²) in [6, 6.07) is 8.31. The van der Waals surface area contributed by atoms with Gasteiger partial charge in [-0.05, 0) is 17.5 Å². The fourth-order valence-electron chi connectivity index (χ4n) is 3.11. The summed E-state index contributed by atoms with van der Waals surface area (Å²) in [5, 5.41) is 7.22. The number of amides is 1. The molecule has 0 radical (unpaired) electrons. The molecule has 108 valence electrons. The largest absolute Gasteiger partial charge is 0.376 e. The first kappa shape index (κ1) is 12.6. The predicted octanol–water partition coefficient (Wildman–Crippen LogP) is 1.68. The zero-order valence-corrected chi connectivity index (χ0v) is 11.8. The molecule has 0 atom stereocenters. The second kappa shape index (κ2) is 5.00. The van der Waals surface area contributed by atoms with Crippen LogP contribution in [0.5, 0.6) is 0 Å². The van der Waals surface area contributed by atoms with Gasteiger partial charge in [0.1, 0.15) is 0 Å². The van der Waals surface area contributed by atoms with E-state index in [0.717, 1.165) is 30.6 Å². The van der Waals surface area contributed by atoms with Crippen LogP contribution in [-0.4, -0.2) is 34.2 Å². The molecule has 5 nitrogen and oxygen atoms in total. The fourth-order valence-corrected chi connectivity index (χ4v) is 3.11. The Balaban J connectivity index is 1.60. The van der Waals surface area contributed by atoms with Crippen molar-refractivity contribution in [2.45, 2.75) is 26.0 Å². The Morgan fingerprint density at radius 3 is 3.00 bits per heavy atom. The van der Waals surface area contributed by atoms with Crippen molar-refractivity contribution in [2.24, 2.45) is 0 Å². The predicted molar refractivity (Wildman–Crippen MR) is 76.8 cm³/mol. The maximum absolute atomic E-state index is 12.7. The van der Waals surface area contributed by atoms with E-state index < -0.39 is 0 Å². The van der Waals surface area contributed by atoms with Gasteiger partial charge in [0.15, 0.2) is 5.69 Å². The molecule has 0 saturated heterocycles. The SMILES string of the molecule is O=C(c1n[nH]c2c1COCC2)N1CCc2ccccc2C1. The summed E-state index contributed by atoms with van der Waals surface area (Å²) in [6.45, 7) is 2.59. The maximum atomic E-state index is 12.7. The van der Waals surface area contributed by atoms with Gasteiger partial charge in [-0.1, -0.05) is 24.3 Å². The molecule has 0 spiro atoms. The molecule has 0 fully saturated rings. The molecule has 2 aromatic rings. The number of rotatable bonds is 1. The van der Waals surface area contributed by atoms with Gasteiger partial charge in [-0.15, -0.1) is 0 Å². The number of benzene rings is 1. The average Bonchev–Trinajstić information content (AvgIpc) is 2.98. The first-order chi connectivity index (χ1) is 10.3. The highest BCUT2D eigenvalue weighted by Crippen LogP contribution is 2.23. The van der Waals surface area contributed by atoms with Crippen molar-refractivity contribution in [1.82, 2.24) is 15.1 Å². The first-order valence-corrected chi connectivity index (χ1v) is 7.33. The number of aromatic nitrogens is 2. The molecule has 0 saturated carbocycles. The Morgan fingerprint density at radius 1 is 1.24 bits per heavy atom. The number of carbonyl (C=O) groups is 1. The van der Waals surface area contributed by atoms with Crippen molar-refractivity contribution in [3.63, 3.8) is 0 Å². The van der Waals surface area contributed by atoms with Crippen LogP contribution >= 0.6 is 0 Å². The van der Waals surface area contributed by atoms with Crippen LogP contribution in [0.2, 0.25) is 0 Å². The first-order valence-electron chi connectivity index (χ1n) is 7.33. The van der Waals surface area contributed by atoms with Crippen LogP contribution in [0.4, 0.5) is 0 Å². The quantitative estimate of drug-likeness (QED) is 0.866. The third-order valence-corrected chi connectivity index (χ3v) is 4.32. The number of H-pyrrole nitrogens is 1. The number of nitrogens with zero attached hydrogens (tertiary/aromatic N) is 2. The van der Waals surface area contributed by atoms with Crippen LogP contribution in [0.1, 0.15) is 32.9 Å². The summed E-state index contributed by atoms with van der Waals surface area (Å²) in [4.78, 5) is 14.6. The number of hydrogen-bond acceptors (Lipinski definition) is 3. The fraction of sp³-hybridized carbons (Fsp3) is 0.375. The monoisotopic (exact) mass is 283 g/mol. The Bertz CT molecular complexity index is 693. The Morgan fingerprint density at radius 2 is 2.10 bits per heavy atom. The highest BCUT2D eigenvalue weighted by atomic mass is 16.5. The van der Waals surface area contributed by atoms with E-state index in [1.807, 2.05) is 11.0 Å². The van der Waals surface area contributed by atoms with E-state index in [0.29, 0.717) is 25.5 Å². The molecule has 1 N–H and O–H groups in total. The van der Waals surface area contributed by atoms with Gasteiger partial charge in [0.05, 0.1) is 13.2 Å². The molecule has 1 aromatic carbocycles. The number of fused-ring (bicyclic) bond motifs is 2. The molecule has 0 bridgehead atoms. The number of hydrogen-bond donors (Lipinski definition) is 1. The molecule has 21 heavy (non-hydrogen) atoms. The summed E-state index contributed by atoms with van der Waals surface area (Å²) in [5.41, 5.74) is 5.09. The van der Waals surface area contributed by atoms with Crippen molar-refractivity contribution in [3.8, 4) is 0 Å². The topological polar surface area (TPSA) is 58.2 Å². The van der Waals surface area contributed by atoms with Gasteiger partial charge in [0.25, 0.3) is 5.91 Å². The molecule has 3 heterocycles. The normalized spacial score (nSPS) is 17.2. The Hall–Kier alpha value is -2.14. The molecule has 0 aliphatic carbocycles. The van der Waals surface area contributed by atoms with Gasteiger partial charge in [-0.25, -0.2) is 0 Å². The van der Waals surface area contributed by atoms with Crippen LogP contribution < -0.4 is 0 Å². The van der Waals surface area contributed by atoms with Gasteiger partial charge in [0.2, 0.25) is 0 Å². The van der Waals surface area contributed by atoms with Crippen LogP contribution in [0.15, 0.2) is 24.3 Å². The lowest BCUT2D eigenvalue weighted by Gasteiger charge is -2.28. The van der Waals surface area contributed by atoms with Gasteiger partial charge in [-0.2, -0.15) is 5.10 Å². The van der Waals surface area contributed by atoms with Crippen molar-refractivity contribution in [3.05, 3.63) is 52.3 Å². The maximum Gasteiger partial charge on any atom is 0.275 e. The van der Waals surface area contributed by atoms with Gasteiger partial charge in [0, 0.05) is 30.8 Å². The lowest BCUT2D eigenvalue weighted by atomic mass is 9.99. The molecule has 2 aliphatic heterocycles. The van der Waals surface area contributed by atoms with E-state index in [4.69, 9.17) is 4.74 Å². The van der Waals surface area contributed by atoms with Gasteiger partial charge in [-0.3, -0.25) is 9.89 Å². The van der Waals surface area contributed by atoms with Crippen molar-refractivity contribution in [2.75, 3.05) is 13.2 Å². The minimum Gasteiger partial charge on any atom is -0.376 e. The zero-order chi connectivity index (χ0) is 14.2. The summed E-state index contributed by atoms with van der Waals surface area (Å²) in [6.07, 6.45) is 1.71. The number of nitrogens with one attached hydrogen (secondary N) is 1. The number of carbonyl (C=O) groups excluding carboxylic acids is 1. The van der Waals surface area contributed by atoms with E-state index >= 15 is 0 Å². The zero-order valence-electron chi connectivity index (χ0n) is 11.8. The third kappa shape index (κ3) is 2.14. The average molecular weight is 283 g/mol. The molecule has 5 heteroatoms. The summed E-state index contributed by atoms with van der Waals surface area (Å²) in [7, 11) is 0. The van der Waals surface area contributed by atoms with Gasteiger partial charge >= 0.3 is 0 Å². The van der Waals surface area contributed by atoms with Crippen molar-refractivity contribution in [1.29, 1.82) is 0 Å². The molecule has 2 aliphatic rings. The Kier molecular flexibility index (Phi) is 3.00. The van der Waals surface area contributed by atoms with Crippen LogP contribution in [0.25, 0.3) is 0 Å². The Labute approximate surface area is 122 Å². The lowest BCUT2D eigenvalue weighted by molar-refractivity contribution is 0.0715. The van der Waals surface area contributed by atoms with Gasteiger partial charge < -0.3 is 9.64 Å². The van der Waals surface area contributed by atoms with E-state index in [1.54, 1.807) is 0 Å². The highest BCUT2D eigenvalue weighted by molar-refractivity contribution is 5.94. The summed E-state index contributed by atoms with van der Waals surface area (Å²) < 4.78 is 5.46. The van der Waals surface area contributed by atoms with Crippen LogP contribution in [0, 0.1) is 0 Å². The molecule has 4 rings (SSSR count). The van der Waals surface area contributed by atoms with Crippen molar-refractivity contribution < 1.29 is 9.53 Å². The van der Waals surface area contributed by atoms with E-state index in [2.05, 4.69) is 28.4 Å². The molecule has 0 unspecified atom stereocenters. The highest BCUT2D eigenvalue weighted by Gasteiger charge is 2.28. The molecular formula is C16H17N3O2. The molecule has 1 amide bonds. The third-order valence-electron chi connectivity index (χ3n) is 4.32. The smallest absolute Gasteiger partial charge is 0.275 e. The number of ether oxygens (including phenoxy) is 1. The standard InChI is InChI=1S/C16H17N3O2/c20-16(15-13-10-21-8-6-14(13)17-18-15)19-7-5-11-3-1-2-4-12(11)9-19/h1-4H,5-10H2,(H,17,18). The molecular weight excluding hydrogens is 266 g/mol. The summed E-state index contributed by atoms with van der Waals surface area (Å²) in [5.74, 6) is 0.00695. The van der Waals surface area contributed by atoms with E-state index in [9.17, 15) is 4.79 Å². The van der Waals surface area contributed by atoms with Crippen LogP contribution in [0.3, 0.4) is 0 Å². The summed E-state index contributed by atoms with van der Waals surface area (Å²) >= 11 is 0. The van der Waals surface area contributed by atoms with E-state index in [1.165, 1.54) is 11.1 Å². The van der Waals surface area contributed by atoms with Crippen molar-refractivity contribution >= 4 is 5.91 Å².